The van der Waals surface area contributed by atoms with Crippen LogP contribution in [0.15, 0.2) is 0 Å². The first kappa shape index (κ1) is 9.81. The molecule has 0 aromatic carbocycles. The Morgan fingerprint density at radius 3 is 2.92 bits per heavy atom. The van der Waals surface area contributed by atoms with Gasteiger partial charge >= 0.3 is 0 Å². The Hall–Kier alpha value is -0.280. The highest BCUT2D eigenvalue weighted by atomic mass is 35.5. The van der Waals surface area contributed by atoms with Gasteiger partial charge in [0, 0.05) is 6.54 Å². The van der Waals surface area contributed by atoms with Crippen LogP contribution in [0.3, 0.4) is 0 Å². The molecule has 2 atom stereocenters. The fourth-order valence-corrected chi connectivity index (χ4v) is 1.41. The fraction of sp³-hybridized carbons (Fsp3) is 0.875. The van der Waals surface area contributed by atoms with Crippen molar-refractivity contribution in [3.63, 3.8) is 0 Å². The zero-order chi connectivity index (χ0) is 9.14. The van der Waals surface area contributed by atoms with Crippen LogP contribution in [-0.4, -0.2) is 42.0 Å². The zero-order valence-corrected chi connectivity index (χ0v) is 8.17. The van der Waals surface area contributed by atoms with Gasteiger partial charge in [-0.25, -0.2) is 0 Å². The lowest BCUT2D eigenvalue weighted by molar-refractivity contribution is -0.138. The van der Waals surface area contributed by atoms with Crippen LogP contribution in [0.1, 0.15) is 13.8 Å². The normalized spacial score (nSPS) is 26.9. The van der Waals surface area contributed by atoms with E-state index in [-0.39, 0.29) is 11.9 Å². The third kappa shape index (κ3) is 2.11. The molecule has 0 saturated carbocycles. The van der Waals surface area contributed by atoms with Crippen molar-refractivity contribution in [3.05, 3.63) is 0 Å². The van der Waals surface area contributed by atoms with Crippen molar-refractivity contribution in [3.8, 4) is 0 Å². The van der Waals surface area contributed by atoms with Gasteiger partial charge in [0.05, 0.1) is 19.3 Å². The average Bonchev–Trinajstić information content (AvgIpc) is 2.04. The lowest BCUT2D eigenvalue weighted by atomic mass is 10.2. The third-order valence-electron chi connectivity index (χ3n) is 1.99. The molecule has 1 saturated heterocycles. The van der Waals surface area contributed by atoms with Crippen LogP contribution < -0.4 is 0 Å². The van der Waals surface area contributed by atoms with E-state index in [4.69, 9.17) is 16.3 Å². The molecule has 2 unspecified atom stereocenters. The summed E-state index contributed by atoms with van der Waals surface area (Å²) in [6.45, 7) is 5.58. The molecule has 0 aromatic heterocycles. The summed E-state index contributed by atoms with van der Waals surface area (Å²) in [7, 11) is 0. The second-order valence-corrected chi connectivity index (χ2v) is 3.73. The van der Waals surface area contributed by atoms with Crippen LogP contribution in [0.25, 0.3) is 0 Å². The minimum absolute atomic E-state index is 0.00691. The molecule has 1 aliphatic rings. The minimum atomic E-state index is -0.425. The summed E-state index contributed by atoms with van der Waals surface area (Å²) in [6.07, 6.45) is 0. The maximum Gasteiger partial charge on any atom is 0.240 e. The lowest BCUT2D eigenvalue weighted by Gasteiger charge is -2.34. The van der Waals surface area contributed by atoms with Gasteiger partial charge in [0.1, 0.15) is 5.38 Å². The highest BCUT2D eigenvalue weighted by Crippen LogP contribution is 2.10. The summed E-state index contributed by atoms with van der Waals surface area (Å²) in [5.74, 6) is 0.00691. The van der Waals surface area contributed by atoms with Gasteiger partial charge < -0.3 is 9.64 Å². The first-order chi connectivity index (χ1) is 5.63. The van der Waals surface area contributed by atoms with Gasteiger partial charge in [-0.05, 0) is 13.8 Å². The summed E-state index contributed by atoms with van der Waals surface area (Å²) in [5.41, 5.74) is 0. The number of hydrogen-bond acceptors (Lipinski definition) is 2. The van der Waals surface area contributed by atoms with Gasteiger partial charge in [0.25, 0.3) is 0 Å². The Labute approximate surface area is 77.6 Å². The topological polar surface area (TPSA) is 29.5 Å². The molecule has 1 heterocycles. The molecule has 0 aromatic rings. The van der Waals surface area contributed by atoms with E-state index in [1.807, 2.05) is 6.92 Å². The number of rotatable bonds is 1. The van der Waals surface area contributed by atoms with Crippen LogP contribution in [0.2, 0.25) is 0 Å². The number of amides is 1. The molecule has 70 valence electrons. The number of morpholine rings is 1. The predicted octanol–water partition coefficient (Wildman–Crippen LogP) is 0.861. The van der Waals surface area contributed by atoms with Gasteiger partial charge in [-0.2, -0.15) is 0 Å². The highest BCUT2D eigenvalue weighted by Gasteiger charge is 2.25. The summed E-state index contributed by atoms with van der Waals surface area (Å²) in [6, 6.07) is 0.160. The molecule has 0 radical (unpaired) electrons. The Balaban J connectivity index is 2.53. The molecular formula is C8H14ClNO2. The SMILES string of the molecule is CC(Cl)C(=O)N1CCOCC1C. The summed E-state index contributed by atoms with van der Waals surface area (Å²) >= 11 is 5.69. The molecule has 12 heavy (non-hydrogen) atoms. The van der Waals surface area contributed by atoms with Crippen molar-refractivity contribution in [2.24, 2.45) is 0 Å². The smallest absolute Gasteiger partial charge is 0.240 e. The number of nitrogens with zero attached hydrogens (tertiary/aromatic N) is 1. The molecule has 0 N–H and O–H groups in total. The quantitative estimate of drug-likeness (QED) is 0.576. The van der Waals surface area contributed by atoms with Gasteiger partial charge in [0.15, 0.2) is 0 Å². The molecule has 4 heteroatoms. The summed E-state index contributed by atoms with van der Waals surface area (Å²) in [5, 5.41) is -0.425. The van der Waals surface area contributed by atoms with Crippen molar-refractivity contribution in [1.29, 1.82) is 0 Å². The molecule has 1 rings (SSSR count). The number of halogens is 1. The molecule has 0 aliphatic carbocycles. The number of alkyl halides is 1. The number of ether oxygens (including phenoxy) is 1. The Bertz CT molecular complexity index is 172. The molecule has 1 amide bonds. The number of carbonyl (C=O) groups excluding carboxylic acids is 1. The van der Waals surface area contributed by atoms with E-state index in [0.717, 1.165) is 0 Å². The first-order valence-corrected chi connectivity index (χ1v) is 4.59. The second-order valence-electron chi connectivity index (χ2n) is 3.07. The van der Waals surface area contributed by atoms with Crippen molar-refractivity contribution in [1.82, 2.24) is 4.90 Å². The van der Waals surface area contributed by atoms with Gasteiger partial charge in [-0.1, -0.05) is 0 Å². The van der Waals surface area contributed by atoms with E-state index in [1.165, 1.54) is 0 Å². The third-order valence-corrected chi connectivity index (χ3v) is 2.18. The van der Waals surface area contributed by atoms with Crippen molar-refractivity contribution < 1.29 is 9.53 Å². The van der Waals surface area contributed by atoms with E-state index in [0.29, 0.717) is 19.8 Å². The van der Waals surface area contributed by atoms with Gasteiger partial charge in [0.2, 0.25) is 5.91 Å². The number of hydrogen-bond donors (Lipinski definition) is 0. The van der Waals surface area contributed by atoms with Crippen LogP contribution in [0.5, 0.6) is 0 Å². The van der Waals surface area contributed by atoms with E-state index >= 15 is 0 Å². The van der Waals surface area contributed by atoms with E-state index in [9.17, 15) is 4.79 Å². The molecule has 0 bridgehead atoms. The van der Waals surface area contributed by atoms with E-state index < -0.39 is 5.38 Å². The fourth-order valence-electron chi connectivity index (χ4n) is 1.28. The van der Waals surface area contributed by atoms with Crippen LogP contribution >= 0.6 is 11.6 Å². The van der Waals surface area contributed by atoms with E-state index in [2.05, 4.69) is 0 Å². The standard InChI is InChI=1S/C8H14ClNO2/c1-6-5-12-4-3-10(6)8(11)7(2)9/h6-7H,3-5H2,1-2H3. The monoisotopic (exact) mass is 191 g/mol. The Kier molecular flexibility index (Phi) is 3.35. The molecule has 1 fully saturated rings. The average molecular weight is 192 g/mol. The molecule has 0 spiro atoms. The van der Waals surface area contributed by atoms with Crippen LogP contribution in [0.4, 0.5) is 0 Å². The maximum absolute atomic E-state index is 11.4. The first-order valence-electron chi connectivity index (χ1n) is 4.15. The van der Waals surface area contributed by atoms with Crippen molar-refractivity contribution in [2.75, 3.05) is 19.8 Å². The zero-order valence-electron chi connectivity index (χ0n) is 7.42. The van der Waals surface area contributed by atoms with Crippen molar-refractivity contribution in [2.45, 2.75) is 25.3 Å². The lowest BCUT2D eigenvalue weighted by Crippen LogP contribution is -2.49. The van der Waals surface area contributed by atoms with Crippen LogP contribution in [-0.2, 0) is 9.53 Å². The number of carbonyl (C=O) groups is 1. The van der Waals surface area contributed by atoms with Crippen molar-refractivity contribution >= 4 is 17.5 Å². The minimum Gasteiger partial charge on any atom is -0.377 e. The Morgan fingerprint density at radius 2 is 2.42 bits per heavy atom. The summed E-state index contributed by atoms with van der Waals surface area (Å²) < 4.78 is 5.20. The van der Waals surface area contributed by atoms with Gasteiger partial charge in [-0.15, -0.1) is 11.6 Å². The van der Waals surface area contributed by atoms with E-state index in [1.54, 1.807) is 11.8 Å². The molecule has 1 aliphatic heterocycles. The molecular weight excluding hydrogens is 178 g/mol. The molecule has 3 nitrogen and oxygen atoms in total. The largest absolute Gasteiger partial charge is 0.377 e. The second kappa shape index (κ2) is 4.10. The van der Waals surface area contributed by atoms with Crippen LogP contribution in [0, 0.1) is 0 Å². The maximum atomic E-state index is 11.4. The predicted molar refractivity (Wildman–Crippen MR) is 47.3 cm³/mol. The summed E-state index contributed by atoms with van der Waals surface area (Å²) in [4.78, 5) is 13.2. The Morgan fingerprint density at radius 1 is 1.75 bits per heavy atom. The van der Waals surface area contributed by atoms with Gasteiger partial charge in [-0.3, -0.25) is 4.79 Å². The highest BCUT2D eigenvalue weighted by molar-refractivity contribution is 6.30.